The van der Waals surface area contributed by atoms with Gasteiger partial charge in [0.25, 0.3) is 0 Å². The van der Waals surface area contributed by atoms with Gasteiger partial charge >= 0.3 is 5.97 Å². The second-order valence-corrected chi connectivity index (χ2v) is 6.39. The van der Waals surface area contributed by atoms with Crippen molar-refractivity contribution in [2.75, 3.05) is 7.11 Å². The number of benzene rings is 2. The summed E-state index contributed by atoms with van der Waals surface area (Å²) in [7, 11) is 1.55. The quantitative estimate of drug-likeness (QED) is 0.609. The highest BCUT2D eigenvalue weighted by Gasteiger charge is 2.26. The number of aliphatic carboxylic acids is 1. The van der Waals surface area contributed by atoms with Gasteiger partial charge in [-0.15, -0.1) is 0 Å². The second kappa shape index (κ2) is 10.1. The van der Waals surface area contributed by atoms with Crippen LogP contribution in [0, 0.1) is 0 Å². The molecule has 0 unspecified atom stereocenters. The molecule has 0 aliphatic rings. The summed E-state index contributed by atoms with van der Waals surface area (Å²) in [5.74, 6) is -1.39. The van der Waals surface area contributed by atoms with Gasteiger partial charge in [-0.25, -0.2) is 4.79 Å². The van der Waals surface area contributed by atoms with E-state index in [4.69, 9.17) is 4.74 Å². The zero-order chi connectivity index (χ0) is 20.5. The molecule has 7 heteroatoms. The molecule has 28 heavy (non-hydrogen) atoms. The number of hydrogen-bond donors (Lipinski definition) is 3. The lowest BCUT2D eigenvalue weighted by atomic mass is 10.0. The van der Waals surface area contributed by atoms with Crippen LogP contribution >= 0.6 is 0 Å². The third-order valence-corrected chi connectivity index (χ3v) is 4.19. The van der Waals surface area contributed by atoms with Gasteiger partial charge in [0.15, 0.2) is 0 Å². The largest absolute Gasteiger partial charge is 0.497 e. The highest BCUT2D eigenvalue weighted by atomic mass is 16.5. The van der Waals surface area contributed by atoms with Crippen molar-refractivity contribution in [1.82, 2.24) is 10.6 Å². The maximum Gasteiger partial charge on any atom is 0.326 e. The fourth-order valence-corrected chi connectivity index (χ4v) is 2.77. The first-order valence-corrected chi connectivity index (χ1v) is 8.86. The molecule has 0 aliphatic heterocycles. The molecule has 2 amide bonds. The van der Waals surface area contributed by atoms with E-state index in [1.165, 1.54) is 6.92 Å². The summed E-state index contributed by atoms with van der Waals surface area (Å²) in [4.78, 5) is 35.8. The smallest absolute Gasteiger partial charge is 0.326 e. The van der Waals surface area contributed by atoms with Crippen molar-refractivity contribution in [3.05, 3.63) is 65.7 Å². The zero-order valence-electron chi connectivity index (χ0n) is 15.8. The molecule has 0 fully saturated rings. The first-order chi connectivity index (χ1) is 13.4. The summed E-state index contributed by atoms with van der Waals surface area (Å²) in [5.41, 5.74) is 1.60. The maximum absolute atomic E-state index is 12.7. The molecule has 3 N–H and O–H groups in total. The highest BCUT2D eigenvalue weighted by molar-refractivity contribution is 5.90. The summed E-state index contributed by atoms with van der Waals surface area (Å²) in [5, 5.41) is 14.6. The third-order valence-electron chi connectivity index (χ3n) is 4.19. The molecule has 0 radical (unpaired) electrons. The van der Waals surface area contributed by atoms with E-state index in [9.17, 15) is 19.5 Å². The van der Waals surface area contributed by atoms with Crippen LogP contribution in [-0.4, -0.2) is 42.1 Å². The van der Waals surface area contributed by atoms with Crippen molar-refractivity contribution in [2.45, 2.75) is 31.8 Å². The van der Waals surface area contributed by atoms with Crippen LogP contribution in [-0.2, 0) is 27.2 Å². The SMILES string of the molecule is COc1ccc(C[C@H](NC(=O)[C@H](Cc2ccccc2)NC(C)=O)C(=O)O)cc1. The Hall–Kier alpha value is -3.35. The van der Waals surface area contributed by atoms with Crippen LogP contribution in [0.25, 0.3) is 0 Å². The molecule has 0 bridgehead atoms. The Labute approximate surface area is 163 Å². The van der Waals surface area contributed by atoms with Crippen LogP contribution in [0.5, 0.6) is 5.75 Å². The molecular formula is C21H24N2O5. The number of methoxy groups -OCH3 is 1. The average Bonchev–Trinajstić information content (AvgIpc) is 2.67. The molecule has 148 valence electrons. The number of carboxylic acid groups (broad SMARTS) is 1. The fourth-order valence-electron chi connectivity index (χ4n) is 2.77. The van der Waals surface area contributed by atoms with Gasteiger partial charge in [0.1, 0.15) is 17.8 Å². The first kappa shape index (κ1) is 21.0. The highest BCUT2D eigenvalue weighted by Crippen LogP contribution is 2.13. The number of ether oxygens (including phenoxy) is 1. The monoisotopic (exact) mass is 384 g/mol. The molecule has 2 rings (SSSR count). The molecule has 0 spiro atoms. The zero-order valence-corrected chi connectivity index (χ0v) is 15.8. The summed E-state index contributed by atoms with van der Waals surface area (Å²) in [6, 6.07) is 14.2. The average molecular weight is 384 g/mol. The van der Waals surface area contributed by atoms with Crippen molar-refractivity contribution in [2.24, 2.45) is 0 Å². The molecule has 0 heterocycles. The Bertz CT molecular complexity index is 805. The van der Waals surface area contributed by atoms with Gasteiger partial charge in [0.05, 0.1) is 7.11 Å². The number of carbonyl (C=O) groups excluding carboxylic acids is 2. The van der Waals surface area contributed by atoms with Gasteiger partial charge in [0, 0.05) is 19.8 Å². The number of nitrogens with one attached hydrogen (secondary N) is 2. The van der Waals surface area contributed by atoms with E-state index in [1.807, 2.05) is 30.3 Å². The number of carboxylic acids is 1. The van der Waals surface area contributed by atoms with Crippen molar-refractivity contribution >= 4 is 17.8 Å². The Kier molecular flexibility index (Phi) is 7.56. The number of hydrogen-bond acceptors (Lipinski definition) is 4. The standard InChI is InChI=1S/C21H24N2O5/c1-14(24)22-18(12-15-6-4-3-5-7-15)20(25)23-19(21(26)27)13-16-8-10-17(28-2)11-9-16/h3-11,18-19H,12-13H2,1-2H3,(H,22,24)(H,23,25)(H,26,27)/t18-,19-/m0/s1. The number of amides is 2. The van der Waals surface area contributed by atoms with Crippen LogP contribution < -0.4 is 15.4 Å². The summed E-state index contributed by atoms with van der Waals surface area (Å²) < 4.78 is 5.08. The van der Waals surface area contributed by atoms with E-state index < -0.39 is 24.0 Å². The molecule has 2 aromatic carbocycles. The van der Waals surface area contributed by atoms with Gasteiger partial charge in [-0.3, -0.25) is 9.59 Å². The molecule has 2 atom stereocenters. The topological polar surface area (TPSA) is 105 Å². The van der Waals surface area contributed by atoms with E-state index in [0.717, 1.165) is 11.1 Å². The molecule has 2 aromatic rings. The van der Waals surface area contributed by atoms with Gasteiger partial charge in [-0.2, -0.15) is 0 Å². The van der Waals surface area contributed by atoms with Crippen molar-refractivity contribution < 1.29 is 24.2 Å². The minimum atomic E-state index is -1.15. The number of rotatable bonds is 9. The van der Waals surface area contributed by atoms with Crippen LogP contribution in [0.3, 0.4) is 0 Å². The predicted octanol–water partition coefficient (Wildman–Crippen LogP) is 1.55. The van der Waals surface area contributed by atoms with Gasteiger partial charge in [-0.1, -0.05) is 42.5 Å². The lowest BCUT2D eigenvalue weighted by Gasteiger charge is -2.21. The predicted molar refractivity (Wildman–Crippen MR) is 104 cm³/mol. The van der Waals surface area contributed by atoms with Gasteiger partial charge in [0.2, 0.25) is 11.8 Å². The lowest BCUT2D eigenvalue weighted by molar-refractivity contribution is -0.142. The maximum atomic E-state index is 12.7. The Morgan fingerprint density at radius 2 is 1.46 bits per heavy atom. The molecule has 0 saturated carbocycles. The minimum Gasteiger partial charge on any atom is -0.497 e. The Morgan fingerprint density at radius 3 is 2.00 bits per heavy atom. The molecule has 7 nitrogen and oxygen atoms in total. The van der Waals surface area contributed by atoms with E-state index in [0.29, 0.717) is 5.75 Å². The van der Waals surface area contributed by atoms with E-state index in [1.54, 1.807) is 31.4 Å². The van der Waals surface area contributed by atoms with E-state index >= 15 is 0 Å². The molecular weight excluding hydrogens is 360 g/mol. The molecule has 0 saturated heterocycles. The Morgan fingerprint density at radius 1 is 0.893 bits per heavy atom. The van der Waals surface area contributed by atoms with Crippen LogP contribution in [0.2, 0.25) is 0 Å². The normalized spacial score (nSPS) is 12.5. The van der Waals surface area contributed by atoms with E-state index in [2.05, 4.69) is 10.6 Å². The second-order valence-electron chi connectivity index (χ2n) is 6.39. The van der Waals surface area contributed by atoms with Crippen molar-refractivity contribution in [1.29, 1.82) is 0 Å². The summed E-state index contributed by atoms with van der Waals surface area (Å²) >= 11 is 0. The van der Waals surface area contributed by atoms with Crippen LogP contribution in [0.15, 0.2) is 54.6 Å². The molecule has 0 aliphatic carbocycles. The fraction of sp³-hybridized carbons (Fsp3) is 0.286. The summed E-state index contributed by atoms with van der Waals surface area (Å²) in [6.45, 7) is 1.32. The Balaban J connectivity index is 2.09. The van der Waals surface area contributed by atoms with Crippen molar-refractivity contribution in [3.8, 4) is 5.75 Å². The molecule has 0 aromatic heterocycles. The third kappa shape index (κ3) is 6.42. The lowest BCUT2D eigenvalue weighted by Crippen LogP contribution is -2.52. The minimum absolute atomic E-state index is 0.114. The van der Waals surface area contributed by atoms with Crippen molar-refractivity contribution in [3.63, 3.8) is 0 Å². The van der Waals surface area contributed by atoms with Gasteiger partial charge in [-0.05, 0) is 23.3 Å². The first-order valence-electron chi connectivity index (χ1n) is 8.86. The summed E-state index contributed by atoms with van der Waals surface area (Å²) in [6.07, 6.45) is 0.379. The van der Waals surface area contributed by atoms with Gasteiger partial charge < -0.3 is 20.5 Å². The van der Waals surface area contributed by atoms with Crippen LogP contribution in [0.1, 0.15) is 18.1 Å². The van der Waals surface area contributed by atoms with Crippen LogP contribution in [0.4, 0.5) is 0 Å². The number of carbonyl (C=O) groups is 3. The van der Waals surface area contributed by atoms with E-state index in [-0.39, 0.29) is 18.7 Å².